The van der Waals surface area contributed by atoms with Crippen LogP contribution in [-0.4, -0.2) is 35.1 Å². The second-order valence-electron chi connectivity index (χ2n) is 11.6. The molecule has 0 saturated heterocycles. The Morgan fingerprint density at radius 1 is 0.676 bits per heavy atom. The molecular formula is C32H56O3Si2. The van der Waals surface area contributed by atoms with Gasteiger partial charge in [-0.05, 0) is 55.2 Å². The molecule has 0 saturated carbocycles. The van der Waals surface area contributed by atoms with Crippen LogP contribution >= 0.6 is 0 Å². The van der Waals surface area contributed by atoms with E-state index in [1.807, 2.05) is 42.5 Å². The molecule has 0 aromatic rings. The third-order valence-corrected chi connectivity index (χ3v) is 17.2. The normalized spacial score (nSPS) is 17.7. The minimum atomic E-state index is -1.95. The van der Waals surface area contributed by atoms with Gasteiger partial charge in [0.25, 0.3) is 0 Å². The van der Waals surface area contributed by atoms with Gasteiger partial charge in [-0.3, -0.25) is 4.79 Å². The Morgan fingerprint density at radius 2 is 1.08 bits per heavy atom. The van der Waals surface area contributed by atoms with E-state index in [9.17, 15) is 4.79 Å². The SMILES string of the molecule is CC[Si](CC)(CC)O[C@@H](C)[C@H](C)[C@H](O[Si](C)(C)C(C)(C)C)[C@@H](C)/C=C/C=C/C=C/C=C/C=C/C=C/C=O. The highest BCUT2D eigenvalue weighted by atomic mass is 28.4. The fourth-order valence-electron chi connectivity index (χ4n) is 3.95. The summed E-state index contributed by atoms with van der Waals surface area (Å²) in [6.07, 6.45) is 24.3. The van der Waals surface area contributed by atoms with Crippen LogP contribution < -0.4 is 0 Å². The van der Waals surface area contributed by atoms with Gasteiger partial charge in [0.15, 0.2) is 16.6 Å². The zero-order valence-corrected chi connectivity index (χ0v) is 27.7. The van der Waals surface area contributed by atoms with E-state index in [1.165, 1.54) is 24.2 Å². The predicted molar refractivity (Wildman–Crippen MR) is 169 cm³/mol. The molecule has 0 aromatic carbocycles. The molecule has 210 valence electrons. The summed E-state index contributed by atoms with van der Waals surface area (Å²) in [7, 11) is -3.63. The lowest BCUT2D eigenvalue weighted by atomic mass is 9.90. The quantitative estimate of drug-likeness (QED) is 0.0791. The van der Waals surface area contributed by atoms with Crippen molar-refractivity contribution in [1.29, 1.82) is 0 Å². The number of hydrogen-bond donors (Lipinski definition) is 0. The highest BCUT2D eigenvalue weighted by Gasteiger charge is 2.43. The maximum Gasteiger partial charge on any atom is 0.192 e. The van der Waals surface area contributed by atoms with Gasteiger partial charge < -0.3 is 8.85 Å². The topological polar surface area (TPSA) is 35.5 Å². The van der Waals surface area contributed by atoms with E-state index in [1.54, 1.807) is 6.08 Å². The maximum atomic E-state index is 10.2. The molecule has 0 unspecified atom stereocenters. The van der Waals surface area contributed by atoms with Crippen LogP contribution in [0.25, 0.3) is 0 Å². The van der Waals surface area contributed by atoms with Crippen LogP contribution in [0.3, 0.4) is 0 Å². The minimum absolute atomic E-state index is 0.108. The van der Waals surface area contributed by atoms with Crippen LogP contribution in [0.2, 0.25) is 36.3 Å². The lowest BCUT2D eigenvalue weighted by molar-refractivity contribution is -0.104. The van der Waals surface area contributed by atoms with Gasteiger partial charge in [0.2, 0.25) is 0 Å². The minimum Gasteiger partial charge on any atom is -0.414 e. The van der Waals surface area contributed by atoms with Gasteiger partial charge in [0.1, 0.15) is 6.29 Å². The smallest absolute Gasteiger partial charge is 0.192 e. The van der Waals surface area contributed by atoms with E-state index in [4.69, 9.17) is 8.85 Å². The van der Waals surface area contributed by atoms with E-state index in [0.29, 0.717) is 5.92 Å². The number of rotatable bonds is 17. The lowest BCUT2D eigenvalue weighted by Gasteiger charge is -2.44. The maximum absolute atomic E-state index is 10.2. The number of allylic oxidation sites excluding steroid dienone is 11. The zero-order valence-electron chi connectivity index (χ0n) is 25.7. The zero-order chi connectivity index (χ0) is 28.5. The van der Waals surface area contributed by atoms with Crippen molar-refractivity contribution in [3.63, 3.8) is 0 Å². The molecule has 3 nitrogen and oxygen atoms in total. The molecule has 0 spiro atoms. The van der Waals surface area contributed by atoms with Gasteiger partial charge >= 0.3 is 0 Å². The summed E-state index contributed by atoms with van der Waals surface area (Å²) in [4.78, 5) is 10.2. The predicted octanol–water partition coefficient (Wildman–Crippen LogP) is 9.60. The molecule has 5 heteroatoms. The van der Waals surface area contributed by atoms with Gasteiger partial charge in [-0.1, -0.05) is 122 Å². The highest BCUT2D eigenvalue weighted by molar-refractivity contribution is 6.74. The summed E-state index contributed by atoms with van der Waals surface area (Å²) in [5, 5.41) is 0.158. The molecule has 0 rings (SSSR count). The van der Waals surface area contributed by atoms with Crippen LogP contribution in [0.15, 0.2) is 72.9 Å². The Bertz CT molecular complexity index is 800. The molecule has 4 atom stereocenters. The van der Waals surface area contributed by atoms with Crippen molar-refractivity contribution in [1.82, 2.24) is 0 Å². The molecule has 0 aliphatic carbocycles. The van der Waals surface area contributed by atoms with Crippen LogP contribution in [0.5, 0.6) is 0 Å². The first-order chi connectivity index (χ1) is 17.3. The summed E-state index contributed by atoms with van der Waals surface area (Å²) in [6, 6.07) is 3.50. The van der Waals surface area contributed by atoms with E-state index in [2.05, 4.69) is 93.6 Å². The average molecular weight is 545 g/mol. The first-order valence-electron chi connectivity index (χ1n) is 14.1. The Labute approximate surface area is 231 Å². The number of carbonyl (C=O) groups is 1. The molecule has 0 fully saturated rings. The average Bonchev–Trinajstić information content (AvgIpc) is 2.85. The fourth-order valence-corrected chi connectivity index (χ4v) is 8.42. The molecule has 0 aromatic heterocycles. The Hall–Kier alpha value is -1.54. The molecule has 0 bridgehead atoms. The second-order valence-corrected chi connectivity index (χ2v) is 21.1. The van der Waals surface area contributed by atoms with Crippen molar-refractivity contribution < 1.29 is 13.6 Å². The number of hydrogen-bond acceptors (Lipinski definition) is 3. The van der Waals surface area contributed by atoms with Crippen molar-refractivity contribution in [2.45, 2.75) is 111 Å². The molecule has 0 aliphatic rings. The largest absolute Gasteiger partial charge is 0.414 e. The summed E-state index contributed by atoms with van der Waals surface area (Å²) < 4.78 is 14.0. The fraction of sp³-hybridized carbons (Fsp3) is 0.594. The van der Waals surface area contributed by atoms with Gasteiger partial charge in [0, 0.05) is 12.0 Å². The van der Waals surface area contributed by atoms with Gasteiger partial charge in [-0.15, -0.1) is 0 Å². The first kappa shape index (κ1) is 35.5. The van der Waals surface area contributed by atoms with Gasteiger partial charge in [-0.25, -0.2) is 0 Å². The van der Waals surface area contributed by atoms with Crippen LogP contribution in [-0.2, 0) is 13.6 Å². The number of carbonyl (C=O) groups excluding carboxylic acids is 1. The third kappa shape index (κ3) is 13.2. The highest BCUT2D eigenvalue weighted by Crippen LogP contribution is 2.40. The van der Waals surface area contributed by atoms with Crippen molar-refractivity contribution in [3.05, 3.63) is 72.9 Å². The standard InChI is InChI=1S/C32H56O3Si2/c1-12-37(13-2,14-3)34-30(6)29(5)31(35-36(10,11)32(7,8)9)28(4)26-24-22-20-18-16-15-17-19-21-23-25-27-33/h15-31H,12-14H2,1-11H3/b17-15+,18-16+,21-19+,22-20+,25-23+,26-24+/t28-,29-,30-,31+/m0/s1. The first-order valence-corrected chi connectivity index (χ1v) is 19.6. The van der Waals surface area contributed by atoms with E-state index in [0.717, 1.165) is 6.29 Å². The van der Waals surface area contributed by atoms with Gasteiger partial charge in [-0.2, -0.15) is 0 Å². The monoisotopic (exact) mass is 544 g/mol. The summed E-state index contributed by atoms with van der Waals surface area (Å²) in [5.41, 5.74) is 0. The third-order valence-electron chi connectivity index (χ3n) is 7.99. The molecule has 0 heterocycles. The lowest BCUT2D eigenvalue weighted by Crippen LogP contribution is -2.50. The van der Waals surface area contributed by atoms with Crippen molar-refractivity contribution >= 4 is 22.9 Å². The van der Waals surface area contributed by atoms with Crippen molar-refractivity contribution in [2.75, 3.05) is 0 Å². The van der Waals surface area contributed by atoms with Gasteiger partial charge in [0.05, 0.1) is 6.10 Å². The van der Waals surface area contributed by atoms with Crippen molar-refractivity contribution in [2.24, 2.45) is 11.8 Å². The molecule has 0 aliphatic heterocycles. The Kier molecular flexibility index (Phi) is 17.1. The Balaban J connectivity index is 5.53. The molecule has 0 amide bonds. The van der Waals surface area contributed by atoms with E-state index < -0.39 is 16.6 Å². The summed E-state index contributed by atoms with van der Waals surface area (Å²) in [5.74, 6) is 0.572. The molecule has 37 heavy (non-hydrogen) atoms. The number of aldehydes is 1. The second kappa shape index (κ2) is 17.9. The van der Waals surface area contributed by atoms with Crippen molar-refractivity contribution in [3.8, 4) is 0 Å². The molecular weight excluding hydrogens is 489 g/mol. The van der Waals surface area contributed by atoms with E-state index in [-0.39, 0.29) is 23.2 Å². The summed E-state index contributed by atoms with van der Waals surface area (Å²) in [6.45, 7) is 25.4. The van der Waals surface area contributed by atoms with E-state index >= 15 is 0 Å². The van der Waals surface area contributed by atoms with Crippen LogP contribution in [0.4, 0.5) is 0 Å². The summed E-state index contributed by atoms with van der Waals surface area (Å²) >= 11 is 0. The molecule has 0 radical (unpaired) electrons. The Morgan fingerprint density at radius 3 is 1.46 bits per heavy atom. The molecule has 0 N–H and O–H groups in total. The van der Waals surface area contributed by atoms with Crippen LogP contribution in [0.1, 0.15) is 62.3 Å². The van der Waals surface area contributed by atoms with Crippen LogP contribution in [0, 0.1) is 11.8 Å².